The Hall–Kier alpha value is -5.52. The zero-order valence-corrected chi connectivity index (χ0v) is 42.5. The normalized spacial score (nSPS) is 12.0. The van der Waals surface area contributed by atoms with Gasteiger partial charge in [0.25, 0.3) is 6.33 Å². The fourth-order valence-electron chi connectivity index (χ4n) is 6.63. The second kappa shape index (κ2) is 30.7. The zero-order chi connectivity index (χ0) is 45.7. The molecule has 8 aromatic rings. The van der Waals surface area contributed by atoms with Gasteiger partial charge in [0.2, 0.25) is 0 Å². The molecule has 0 fully saturated rings. The summed E-state index contributed by atoms with van der Waals surface area (Å²) >= 11 is 0. The van der Waals surface area contributed by atoms with Crippen molar-refractivity contribution in [3.8, 4) is 56.3 Å². The van der Waals surface area contributed by atoms with E-state index in [4.69, 9.17) is 20.4 Å². The number of nitrogens with zero attached hydrogens (tertiary/aromatic N) is 6. The summed E-state index contributed by atoms with van der Waals surface area (Å²) in [5.74, 6) is 0. The minimum atomic E-state index is -0.375. The predicted octanol–water partition coefficient (Wildman–Crippen LogP) is 9.84. The molecule has 1 aliphatic rings. The van der Waals surface area contributed by atoms with Crippen molar-refractivity contribution in [3.05, 3.63) is 194 Å². The third-order valence-corrected chi connectivity index (χ3v) is 9.50. The molecule has 1 aliphatic heterocycles. The Morgan fingerprint density at radius 3 is 1.40 bits per heavy atom. The summed E-state index contributed by atoms with van der Waals surface area (Å²) in [6.45, 7) is 9.51. The summed E-state index contributed by atoms with van der Waals surface area (Å²) in [6.07, 6.45) is 4.56. The number of rotatable bonds is 8. The molecule has 0 saturated carbocycles. The van der Waals surface area contributed by atoms with E-state index in [1.807, 2.05) is 122 Å². The molecule has 9 rings (SSSR count). The molecule has 0 bridgehead atoms. The van der Waals surface area contributed by atoms with Gasteiger partial charge < -0.3 is 20.4 Å². The molecule has 354 valence electrons. The quantitative estimate of drug-likeness (QED) is 0.0862. The first-order chi connectivity index (χ1) is 31.0. The van der Waals surface area contributed by atoms with E-state index >= 15 is 0 Å². The van der Waals surface area contributed by atoms with Crippen LogP contribution in [0.1, 0.15) is 59.2 Å². The first-order valence-corrected chi connectivity index (χ1v) is 21.3. The van der Waals surface area contributed by atoms with E-state index in [1.165, 1.54) is 16.8 Å². The van der Waals surface area contributed by atoms with Gasteiger partial charge in [-0.15, -0.1) is 71.8 Å². The van der Waals surface area contributed by atoms with Gasteiger partial charge >= 0.3 is 0 Å². The van der Waals surface area contributed by atoms with Crippen LogP contribution in [0.4, 0.5) is 0 Å². The van der Waals surface area contributed by atoms with Gasteiger partial charge in [-0.3, -0.25) is 9.97 Å². The summed E-state index contributed by atoms with van der Waals surface area (Å²) < 4.78 is 2.21. The molecule has 3 aromatic heterocycles. The van der Waals surface area contributed by atoms with E-state index in [9.17, 15) is 0 Å². The van der Waals surface area contributed by atoms with Gasteiger partial charge in [0, 0.05) is 68.7 Å². The Bertz CT molecular complexity index is 2490. The van der Waals surface area contributed by atoms with Crippen molar-refractivity contribution in [1.82, 2.24) is 24.9 Å². The summed E-state index contributed by atoms with van der Waals surface area (Å²) in [5.41, 5.74) is 12.9. The molecule has 4 unspecified atom stereocenters. The number of aryl methyl sites for hydroxylation is 1. The van der Waals surface area contributed by atoms with Gasteiger partial charge in [-0.05, 0) is 69.4 Å². The van der Waals surface area contributed by atoms with Crippen LogP contribution in [-0.4, -0.2) is 69.8 Å². The Morgan fingerprint density at radius 2 is 0.940 bits per heavy atom. The monoisotopic (exact) mass is 1260 g/mol. The van der Waals surface area contributed by atoms with Crippen molar-refractivity contribution < 1.29 is 65.2 Å². The average Bonchev–Trinajstić information content (AvgIpc) is 3.68. The Labute approximate surface area is 423 Å². The first kappa shape index (κ1) is 57.6. The molecule has 67 heavy (non-hydrogen) atoms. The number of aromatic nitrogens is 6. The van der Waals surface area contributed by atoms with Gasteiger partial charge in [0.1, 0.15) is 24.9 Å². The second-order valence-corrected chi connectivity index (χ2v) is 15.4. The van der Waals surface area contributed by atoms with Crippen molar-refractivity contribution in [2.24, 2.45) is 0 Å². The van der Waals surface area contributed by atoms with Crippen LogP contribution in [0.25, 0.3) is 56.3 Å². The van der Waals surface area contributed by atoms with E-state index in [-0.39, 0.29) is 72.1 Å². The van der Waals surface area contributed by atoms with Crippen LogP contribution >= 0.6 is 0 Å². The maximum Gasteiger partial charge on any atom is 0.287 e. The van der Waals surface area contributed by atoms with Crippen LogP contribution in [0, 0.1) is 19.1 Å². The Kier molecular flexibility index (Phi) is 26.4. The topological polar surface area (TPSA) is 149 Å². The molecule has 0 amide bonds. The standard InChI is InChI=1S/C17H13N2.C16H11N2.C11H9N2.2C5H12O2.CH4.2Ir/c1-2-6-13(7-3-1)16-10-17-15-9-5-4-8-14(15)11-19(17)12-18-16;1-3-7-13(8-4-1)15-11-16(18-12-17-15)14-9-5-2-6-10-14;1-9-7-11(13-8-12-9)10-5-3-2-4-6-10;2*1-4(6)3-5(2)7;;;/h1-10,12H,11H2;1-9,11-12H;2-5,7-8H,1H3;2*4-7H,3H2,1-2H3;1H4;;/q+1;2*-1;;;;;. The first-order valence-electron chi connectivity index (χ1n) is 21.3. The minimum Gasteiger partial charge on any atom is -0.393 e. The van der Waals surface area contributed by atoms with Crippen molar-refractivity contribution >= 4 is 0 Å². The summed E-state index contributed by atoms with van der Waals surface area (Å²) in [5, 5.41) is 34.3. The molecular weight excluding hydrogens is 1190 g/mol. The summed E-state index contributed by atoms with van der Waals surface area (Å²) in [6, 6.07) is 57.0. The molecular formula is C55H61Ir2N6O4-. The summed E-state index contributed by atoms with van der Waals surface area (Å²) in [4.78, 5) is 21.4. The van der Waals surface area contributed by atoms with E-state index in [0.717, 1.165) is 57.3 Å². The van der Waals surface area contributed by atoms with Crippen LogP contribution in [0.15, 0.2) is 171 Å². The van der Waals surface area contributed by atoms with Crippen LogP contribution in [0.5, 0.6) is 0 Å². The van der Waals surface area contributed by atoms with Gasteiger partial charge in [-0.2, -0.15) is 0 Å². The molecule has 0 spiro atoms. The smallest absolute Gasteiger partial charge is 0.287 e. The van der Waals surface area contributed by atoms with E-state index in [1.54, 1.807) is 40.3 Å². The Morgan fingerprint density at radius 1 is 0.507 bits per heavy atom. The van der Waals surface area contributed by atoms with Crippen LogP contribution in [-0.2, 0) is 46.8 Å². The van der Waals surface area contributed by atoms with Crippen molar-refractivity contribution in [1.29, 1.82) is 0 Å². The maximum atomic E-state index is 8.56. The number of aliphatic hydroxyl groups is 4. The molecule has 4 atom stereocenters. The predicted molar refractivity (Wildman–Crippen MR) is 260 cm³/mol. The van der Waals surface area contributed by atoms with Gasteiger partial charge in [0.15, 0.2) is 5.69 Å². The maximum absolute atomic E-state index is 8.56. The molecule has 5 aromatic carbocycles. The Balaban J connectivity index is 0.000000301. The summed E-state index contributed by atoms with van der Waals surface area (Å²) in [7, 11) is 0. The molecule has 0 aliphatic carbocycles. The minimum absolute atomic E-state index is 0. The van der Waals surface area contributed by atoms with E-state index in [0.29, 0.717) is 12.8 Å². The van der Waals surface area contributed by atoms with Crippen molar-refractivity contribution in [2.45, 2.75) is 85.8 Å². The SMILES string of the molecule is C.CC(O)CC(C)O.CC(O)CC(C)O.Cc1cc(-c2[c-]cccc2)ncn1.[Ir].[Ir].[c-]1ccccc1-c1cc(-c2ccccc2)ncn1.c1ccc(-c2cc3[n+](cn2)Cc2ccccc2-3)cc1. The fourth-order valence-corrected chi connectivity index (χ4v) is 6.63. The molecule has 10 nitrogen and oxygen atoms in total. The zero-order valence-electron chi connectivity index (χ0n) is 37.7. The largest absolute Gasteiger partial charge is 0.393 e. The van der Waals surface area contributed by atoms with Gasteiger partial charge in [-0.1, -0.05) is 104 Å². The second-order valence-electron chi connectivity index (χ2n) is 15.4. The molecule has 4 heterocycles. The fraction of sp³-hybridized carbons (Fsp3) is 0.236. The molecule has 12 heteroatoms. The third kappa shape index (κ3) is 19.7. The molecule has 2 radical (unpaired) electrons. The van der Waals surface area contributed by atoms with Gasteiger partial charge in [-0.25, -0.2) is 14.5 Å². The average molecular weight is 1250 g/mol. The van der Waals surface area contributed by atoms with E-state index < -0.39 is 0 Å². The number of aliphatic hydroxyl groups excluding tert-OH is 4. The third-order valence-electron chi connectivity index (χ3n) is 9.50. The number of benzene rings is 5. The number of fused-ring (bicyclic) bond motifs is 3. The van der Waals surface area contributed by atoms with Crippen LogP contribution in [0.3, 0.4) is 0 Å². The van der Waals surface area contributed by atoms with Crippen molar-refractivity contribution in [3.63, 3.8) is 0 Å². The van der Waals surface area contributed by atoms with Crippen LogP contribution in [0.2, 0.25) is 0 Å². The van der Waals surface area contributed by atoms with Crippen molar-refractivity contribution in [2.75, 3.05) is 0 Å². The van der Waals surface area contributed by atoms with Gasteiger partial charge in [0.05, 0.1) is 30.1 Å². The number of hydrogen-bond acceptors (Lipinski definition) is 9. The molecule has 4 N–H and O–H groups in total. The van der Waals surface area contributed by atoms with E-state index in [2.05, 4.69) is 84.1 Å². The number of hydrogen-bond donors (Lipinski definition) is 4. The van der Waals surface area contributed by atoms with Crippen LogP contribution < -0.4 is 4.57 Å². The molecule has 0 saturated heterocycles.